The fourth-order valence-electron chi connectivity index (χ4n) is 2.29. The number of guanidine groups is 1. The molecule has 144 valence electrons. The maximum atomic E-state index is 5.94. The first kappa shape index (κ1) is 21.6. The van der Waals surface area contributed by atoms with E-state index in [1.807, 2.05) is 48.9 Å². The molecular weight excluding hydrogens is 495 g/mol. The van der Waals surface area contributed by atoms with Gasteiger partial charge in [0.1, 0.15) is 5.82 Å². The van der Waals surface area contributed by atoms with Crippen LogP contribution < -0.4 is 10.6 Å². The van der Waals surface area contributed by atoms with E-state index < -0.39 is 0 Å². The van der Waals surface area contributed by atoms with E-state index in [1.54, 1.807) is 11.3 Å². The molecule has 0 radical (unpaired) electrons. The number of aryl methyl sites for hydroxylation is 1. The molecule has 0 bridgehead atoms. The number of aromatic nitrogens is 3. The van der Waals surface area contributed by atoms with Crippen molar-refractivity contribution in [1.82, 2.24) is 25.4 Å². The average Bonchev–Trinajstić information content (AvgIpc) is 3.27. The first-order chi connectivity index (χ1) is 12.6. The SMILES string of the molecule is Cc1nnc(CNC(=NCc2ccc(Cl)cc2)NCc2cccs2)n1C.I. The Balaban J connectivity index is 0.00000261. The molecule has 0 aliphatic rings. The van der Waals surface area contributed by atoms with Crippen LogP contribution in [0.5, 0.6) is 0 Å². The third-order valence-electron chi connectivity index (χ3n) is 3.94. The molecular formula is C18H22ClIN6S. The molecule has 0 atom stereocenters. The Morgan fingerprint density at radius 1 is 1.15 bits per heavy atom. The first-order valence-corrected chi connectivity index (χ1v) is 9.51. The van der Waals surface area contributed by atoms with E-state index >= 15 is 0 Å². The van der Waals surface area contributed by atoms with Crippen molar-refractivity contribution in [2.45, 2.75) is 26.6 Å². The van der Waals surface area contributed by atoms with Crippen LogP contribution in [0, 0.1) is 6.92 Å². The number of hydrogen-bond acceptors (Lipinski definition) is 4. The Morgan fingerprint density at radius 2 is 1.89 bits per heavy atom. The van der Waals surface area contributed by atoms with Crippen molar-refractivity contribution < 1.29 is 0 Å². The lowest BCUT2D eigenvalue weighted by Gasteiger charge is -2.12. The molecule has 0 saturated heterocycles. The van der Waals surface area contributed by atoms with Gasteiger partial charge in [0, 0.05) is 16.9 Å². The van der Waals surface area contributed by atoms with Gasteiger partial charge in [-0.1, -0.05) is 29.8 Å². The third kappa shape index (κ3) is 6.47. The molecule has 9 heteroatoms. The van der Waals surface area contributed by atoms with E-state index in [0.29, 0.717) is 13.1 Å². The molecule has 0 aliphatic carbocycles. The van der Waals surface area contributed by atoms with Crippen LogP contribution >= 0.6 is 46.9 Å². The maximum absolute atomic E-state index is 5.94. The van der Waals surface area contributed by atoms with Gasteiger partial charge in [0.2, 0.25) is 0 Å². The predicted molar refractivity (Wildman–Crippen MR) is 122 cm³/mol. The topological polar surface area (TPSA) is 67.1 Å². The quantitative estimate of drug-likeness (QED) is 0.296. The van der Waals surface area contributed by atoms with Gasteiger partial charge in [0.25, 0.3) is 0 Å². The van der Waals surface area contributed by atoms with E-state index in [4.69, 9.17) is 11.6 Å². The van der Waals surface area contributed by atoms with Crippen molar-refractivity contribution in [3.8, 4) is 0 Å². The third-order valence-corrected chi connectivity index (χ3v) is 5.07. The van der Waals surface area contributed by atoms with Gasteiger partial charge in [-0.25, -0.2) is 4.99 Å². The van der Waals surface area contributed by atoms with E-state index in [0.717, 1.165) is 34.7 Å². The van der Waals surface area contributed by atoms with Gasteiger partial charge in [0.15, 0.2) is 11.8 Å². The lowest BCUT2D eigenvalue weighted by Crippen LogP contribution is -2.37. The van der Waals surface area contributed by atoms with Gasteiger partial charge < -0.3 is 15.2 Å². The fourth-order valence-corrected chi connectivity index (χ4v) is 3.06. The molecule has 2 heterocycles. The standard InChI is InChI=1S/C18H21ClN6S.HI/c1-13-23-24-17(25(13)2)12-22-18(21-11-16-4-3-9-26-16)20-10-14-5-7-15(19)8-6-14;/h3-9H,10-12H2,1-2H3,(H2,20,21,22);1H. The second-order valence-electron chi connectivity index (χ2n) is 5.80. The zero-order valence-corrected chi connectivity index (χ0v) is 19.0. The molecule has 0 fully saturated rings. The summed E-state index contributed by atoms with van der Waals surface area (Å²) in [6, 6.07) is 11.9. The summed E-state index contributed by atoms with van der Waals surface area (Å²) in [5, 5.41) is 17.8. The minimum absolute atomic E-state index is 0. The van der Waals surface area contributed by atoms with Gasteiger partial charge in [-0.3, -0.25) is 0 Å². The van der Waals surface area contributed by atoms with Gasteiger partial charge >= 0.3 is 0 Å². The molecule has 0 unspecified atom stereocenters. The summed E-state index contributed by atoms with van der Waals surface area (Å²) < 4.78 is 1.96. The highest BCUT2D eigenvalue weighted by atomic mass is 127. The Morgan fingerprint density at radius 3 is 2.52 bits per heavy atom. The fraction of sp³-hybridized carbons (Fsp3) is 0.278. The number of halogens is 2. The van der Waals surface area contributed by atoms with Crippen molar-refractivity contribution >= 4 is 52.9 Å². The summed E-state index contributed by atoms with van der Waals surface area (Å²) in [6.07, 6.45) is 0. The van der Waals surface area contributed by atoms with Crippen LogP contribution in [0.4, 0.5) is 0 Å². The maximum Gasteiger partial charge on any atom is 0.192 e. The highest BCUT2D eigenvalue weighted by molar-refractivity contribution is 14.0. The normalized spacial score (nSPS) is 11.1. The number of rotatable bonds is 6. The van der Waals surface area contributed by atoms with Crippen LogP contribution in [0.25, 0.3) is 0 Å². The van der Waals surface area contributed by atoms with Crippen LogP contribution in [0.1, 0.15) is 22.1 Å². The van der Waals surface area contributed by atoms with E-state index in [-0.39, 0.29) is 24.0 Å². The molecule has 6 nitrogen and oxygen atoms in total. The second kappa shape index (κ2) is 10.6. The number of nitrogens with one attached hydrogen (secondary N) is 2. The van der Waals surface area contributed by atoms with Crippen molar-refractivity contribution in [3.05, 3.63) is 68.9 Å². The monoisotopic (exact) mass is 516 g/mol. The molecule has 0 saturated carbocycles. The van der Waals surface area contributed by atoms with Crippen LogP contribution in [0.3, 0.4) is 0 Å². The molecule has 0 spiro atoms. The van der Waals surface area contributed by atoms with Crippen molar-refractivity contribution in [1.29, 1.82) is 0 Å². The zero-order chi connectivity index (χ0) is 18.4. The number of nitrogens with zero attached hydrogens (tertiary/aromatic N) is 4. The molecule has 3 rings (SSSR count). The number of benzene rings is 1. The molecule has 2 N–H and O–H groups in total. The van der Waals surface area contributed by atoms with E-state index in [9.17, 15) is 0 Å². The lowest BCUT2D eigenvalue weighted by atomic mass is 10.2. The van der Waals surface area contributed by atoms with Crippen LogP contribution in [0.15, 0.2) is 46.8 Å². The van der Waals surface area contributed by atoms with Crippen LogP contribution in [-0.4, -0.2) is 20.7 Å². The van der Waals surface area contributed by atoms with Crippen molar-refractivity contribution in [2.24, 2.45) is 12.0 Å². The Labute approximate surface area is 185 Å². The smallest absolute Gasteiger partial charge is 0.192 e. The largest absolute Gasteiger partial charge is 0.351 e. The first-order valence-electron chi connectivity index (χ1n) is 8.25. The Hall–Kier alpha value is -1.65. The summed E-state index contributed by atoms with van der Waals surface area (Å²) >= 11 is 7.66. The molecule has 3 aromatic rings. The van der Waals surface area contributed by atoms with E-state index in [1.165, 1.54) is 4.88 Å². The van der Waals surface area contributed by atoms with Crippen molar-refractivity contribution in [3.63, 3.8) is 0 Å². The van der Waals surface area contributed by atoms with Crippen LogP contribution in [0.2, 0.25) is 5.02 Å². The Bertz CT molecular complexity index is 861. The van der Waals surface area contributed by atoms with Gasteiger partial charge in [-0.05, 0) is 36.1 Å². The van der Waals surface area contributed by atoms with E-state index in [2.05, 4.69) is 37.3 Å². The molecule has 0 aliphatic heterocycles. The molecule has 0 amide bonds. The van der Waals surface area contributed by atoms with Gasteiger partial charge in [0.05, 0.1) is 19.6 Å². The number of thiophene rings is 1. The summed E-state index contributed by atoms with van der Waals surface area (Å²) in [5.41, 5.74) is 1.10. The Kier molecular flexibility index (Phi) is 8.52. The summed E-state index contributed by atoms with van der Waals surface area (Å²) in [6.45, 7) is 3.77. The number of hydrogen-bond donors (Lipinski definition) is 2. The van der Waals surface area contributed by atoms with Gasteiger partial charge in [-0.2, -0.15) is 0 Å². The number of aliphatic imine (C=N–C) groups is 1. The minimum atomic E-state index is 0. The zero-order valence-electron chi connectivity index (χ0n) is 15.1. The average molecular weight is 517 g/mol. The summed E-state index contributed by atoms with van der Waals surface area (Å²) in [5.74, 6) is 2.47. The predicted octanol–water partition coefficient (Wildman–Crippen LogP) is 3.89. The summed E-state index contributed by atoms with van der Waals surface area (Å²) in [7, 11) is 1.95. The lowest BCUT2D eigenvalue weighted by molar-refractivity contribution is 0.715. The highest BCUT2D eigenvalue weighted by Gasteiger charge is 2.06. The molecule has 1 aromatic carbocycles. The molecule has 2 aromatic heterocycles. The second-order valence-corrected chi connectivity index (χ2v) is 7.27. The molecule has 27 heavy (non-hydrogen) atoms. The summed E-state index contributed by atoms with van der Waals surface area (Å²) in [4.78, 5) is 5.92. The minimum Gasteiger partial charge on any atom is -0.351 e. The van der Waals surface area contributed by atoms with Crippen LogP contribution in [-0.2, 0) is 26.7 Å². The van der Waals surface area contributed by atoms with Crippen molar-refractivity contribution in [2.75, 3.05) is 0 Å². The highest BCUT2D eigenvalue weighted by Crippen LogP contribution is 2.10. The van der Waals surface area contributed by atoms with Gasteiger partial charge in [-0.15, -0.1) is 45.5 Å².